The molecule has 0 heterocycles. The van der Waals surface area contributed by atoms with Crippen LogP contribution in [0.5, 0.6) is 0 Å². The molecule has 1 aromatic rings. The molecule has 0 radical (unpaired) electrons. The lowest BCUT2D eigenvalue weighted by atomic mass is 9.76. The Hall–Kier alpha value is -0.350. The number of alkyl halides is 1. The standard InChI is InChI=1S/C17H25BrO2S/c1-2-21(19,20)12-6-9-16-13-15(10-11-17(16)18)14-7-4-3-5-8-14/h3-5,7-8,15-17H,2,6,9-13H2,1H3. The summed E-state index contributed by atoms with van der Waals surface area (Å²) in [5.41, 5.74) is 1.43. The number of hydrogen-bond acceptors (Lipinski definition) is 2. The molecule has 0 aromatic heterocycles. The zero-order chi connectivity index (χ0) is 15.3. The molecule has 0 saturated heterocycles. The average molecular weight is 373 g/mol. The normalized spacial score (nSPS) is 26.7. The molecule has 3 unspecified atom stereocenters. The van der Waals surface area contributed by atoms with Crippen molar-refractivity contribution in [1.29, 1.82) is 0 Å². The maximum absolute atomic E-state index is 11.6. The van der Waals surface area contributed by atoms with Crippen LogP contribution in [0.25, 0.3) is 0 Å². The second-order valence-corrected chi connectivity index (χ2v) is 9.72. The van der Waals surface area contributed by atoms with Gasteiger partial charge in [0.05, 0.1) is 5.75 Å². The fourth-order valence-corrected chi connectivity index (χ4v) is 4.90. The minimum absolute atomic E-state index is 0.266. The van der Waals surface area contributed by atoms with E-state index < -0.39 is 9.84 Å². The van der Waals surface area contributed by atoms with E-state index in [0.29, 0.717) is 22.4 Å². The van der Waals surface area contributed by atoms with Gasteiger partial charge in [-0.05, 0) is 49.5 Å². The Bertz CT molecular complexity index is 527. The van der Waals surface area contributed by atoms with Gasteiger partial charge < -0.3 is 0 Å². The molecule has 0 amide bonds. The Kier molecular flexibility index (Phi) is 6.30. The van der Waals surface area contributed by atoms with E-state index >= 15 is 0 Å². The summed E-state index contributed by atoms with van der Waals surface area (Å²) in [5, 5.41) is 0. The van der Waals surface area contributed by atoms with E-state index in [-0.39, 0.29) is 5.75 Å². The summed E-state index contributed by atoms with van der Waals surface area (Å²) < 4.78 is 23.2. The van der Waals surface area contributed by atoms with Gasteiger partial charge in [-0.15, -0.1) is 0 Å². The van der Waals surface area contributed by atoms with Gasteiger partial charge in [0.15, 0.2) is 0 Å². The first-order chi connectivity index (χ1) is 10.0. The van der Waals surface area contributed by atoms with Crippen molar-refractivity contribution < 1.29 is 8.42 Å². The van der Waals surface area contributed by atoms with Crippen LogP contribution in [0.1, 0.15) is 50.5 Å². The summed E-state index contributed by atoms with van der Waals surface area (Å²) in [6, 6.07) is 10.7. The third kappa shape index (κ3) is 5.10. The number of sulfone groups is 1. The maximum atomic E-state index is 11.6. The first-order valence-electron chi connectivity index (χ1n) is 7.91. The van der Waals surface area contributed by atoms with E-state index in [1.807, 2.05) is 0 Å². The highest BCUT2D eigenvalue weighted by atomic mass is 79.9. The maximum Gasteiger partial charge on any atom is 0.150 e. The minimum Gasteiger partial charge on any atom is -0.229 e. The van der Waals surface area contributed by atoms with Crippen LogP contribution in [0.15, 0.2) is 30.3 Å². The molecule has 4 heteroatoms. The van der Waals surface area contributed by atoms with Crippen LogP contribution in [0, 0.1) is 5.92 Å². The van der Waals surface area contributed by atoms with Crippen molar-refractivity contribution in [2.24, 2.45) is 5.92 Å². The Morgan fingerprint density at radius 3 is 2.57 bits per heavy atom. The Labute approximate surface area is 137 Å². The zero-order valence-electron chi connectivity index (χ0n) is 12.7. The summed E-state index contributed by atoms with van der Waals surface area (Å²) in [6.07, 6.45) is 5.39. The average Bonchev–Trinajstić information content (AvgIpc) is 2.50. The topological polar surface area (TPSA) is 34.1 Å². The minimum atomic E-state index is -2.82. The van der Waals surface area contributed by atoms with Crippen molar-refractivity contribution in [3.8, 4) is 0 Å². The van der Waals surface area contributed by atoms with Crippen molar-refractivity contribution in [3.05, 3.63) is 35.9 Å². The second-order valence-electron chi connectivity index (χ2n) is 6.08. The Morgan fingerprint density at radius 1 is 1.19 bits per heavy atom. The third-order valence-corrected chi connectivity index (χ3v) is 7.63. The molecule has 2 nitrogen and oxygen atoms in total. The van der Waals surface area contributed by atoms with Gasteiger partial charge in [-0.1, -0.05) is 53.2 Å². The molecule has 1 aliphatic rings. The van der Waals surface area contributed by atoms with Crippen molar-refractivity contribution in [2.75, 3.05) is 11.5 Å². The molecule has 3 atom stereocenters. The quantitative estimate of drug-likeness (QED) is 0.686. The molecule has 21 heavy (non-hydrogen) atoms. The summed E-state index contributed by atoms with van der Waals surface area (Å²) in [5.74, 6) is 1.83. The molecular formula is C17H25BrO2S. The number of rotatable bonds is 6. The van der Waals surface area contributed by atoms with Crippen LogP contribution in [-0.4, -0.2) is 24.8 Å². The van der Waals surface area contributed by atoms with Gasteiger partial charge in [0.1, 0.15) is 9.84 Å². The van der Waals surface area contributed by atoms with Crippen molar-refractivity contribution in [3.63, 3.8) is 0 Å². The highest BCUT2D eigenvalue weighted by Crippen LogP contribution is 2.41. The molecule has 1 fully saturated rings. The predicted molar refractivity (Wildman–Crippen MR) is 92.8 cm³/mol. The highest BCUT2D eigenvalue weighted by Gasteiger charge is 2.29. The largest absolute Gasteiger partial charge is 0.229 e. The van der Waals surface area contributed by atoms with Gasteiger partial charge in [0.2, 0.25) is 0 Å². The van der Waals surface area contributed by atoms with E-state index in [4.69, 9.17) is 0 Å². The van der Waals surface area contributed by atoms with Crippen LogP contribution in [-0.2, 0) is 9.84 Å². The van der Waals surface area contributed by atoms with Crippen molar-refractivity contribution in [1.82, 2.24) is 0 Å². The molecule has 1 aliphatic carbocycles. The van der Waals surface area contributed by atoms with Gasteiger partial charge in [-0.25, -0.2) is 8.42 Å². The van der Waals surface area contributed by atoms with Gasteiger partial charge in [0, 0.05) is 10.6 Å². The van der Waals surface area contributed by atoms with E-state index in [2.05, 4.69) is 46.3 Å². The van der Waals surface area contributed by atoms with Crippen LogP contribution in [0.2, 0.25) is 0 Å². The predicted octanol–water partition coefficient (Wildman–Crippen LogP) is 4.55. The number of hydrogen-bond donors (Lipinski definition) is 0. The van der Waals surface area contributed by atoms with Crippen LogP contribution >= 0.6 is 15.9 Å². The molecule has 1 saturated carbocycles. The summed E-state index contributed by atoms with van der Waals surface area (Å²) in [4.78, 5) is 0.543. The number of benzene rings is 1. The lowest BCUT2D eigenvalue weighted by molar-refractivity contribution is 0.318. The lowest BCUT2D eigenvalue weighted by Gasteiger charge is -2.33. The van der Waals surface area contributed by atoms with Crippen molar-refractivity contribution >= 4 is 25.8 Å². The number of halogens is 1. The molecule has 0 bridgehead atoms. The van der Waals surface area contributed by atoms with E-state index in [1.165, 1.54) is 24.8 Å². The molecule has 1 aromatic carbocycles. The summed E-state index contributed by atoms with van der Waals surface area (Å²) in [6.45, 7) is 1.73. The summed E-state index contributed by atoms with van der Waals surface area (Å²) in [7, 11) is -2.82. The van der Waals surface area contributed by atoms with Gasteiger partial charge >= 0.3 is 0 Å². The molecule has 0 aliphatic heterocycles. The molecular weight excluding hydrogens is 348 g/mol. The van der Waals surface area contributed by atoms with Crippen LogP contribution in [0.3, 0.4) is 0 Å². The fourth-order valence-electron chi connectivity index (χ4n) is 3.26. The van der Waals surface area contributed by atoms with E-state index in [9.17, 15) is 8.42 Å². The zero-order valence-corrected chi connectivity index (χ0v) is 15.1. The smallest absolute Gasteiger partial charge is 0.150 e. The first-order valence-corrected chi connectivity index (χ1v) is 10.6. The van der Waals surface area contributed by atoms with Crippen LogP contribution < -0.4 is 0 Å². The molecule has 118 valence electrons. The third-order valence-electron chi connectivity index (χ3n) is 4.63. The molecule has 2 rings (SSSR count). The Balaban J connectivity index is 1.90. The van der Waals surface area contributed by atoms with Gasteiger partial charge in [-0.2, -0.15) is 0 Å². The van der Waals surface area contributed by atoms with Gasteiger partial charge in [0.25, 0.3) is 0 Å². The van der Waals surface area contributed by atoms with E-state index in [1.54, 1.807) is 6.92 Å². The first kappa shape index (κ1) is 17.0. The highest BCUT2D eigenvalue weighted by molar-refractivity contribution is 9.09. The summed E-state index contributed by atoms with van der Waals surface area (Å²) >= 11 is 3.80. The second kappa shape index (κ2) is 7.77. The Morgan fingerprint density at radius 2 is 1.90 bits per heavy atom. The van der Waals surface area contributed by atoms with Crippen molar-refractivity contribution in [2.45, 2.75) is 49.8 Å². The van der Waals surface area contributed by atoms with E-state index in [0.717, 1.165) is 12.8 Å². The van der Waals surface area contributed by atoms with Gasteiger partial charge in [-0.3, -0.25) is 0 Å². The lowest BCUT2D eigenvalue weighted by Crippen LogP contribution is -2.25. The molecule has 0 spiro atoms. The fraction of sp³-hybridized carbons (Fsp3) is 0.647. The molecule has 0 N–H and O–H groups in total. The monoisotopic (exact) mass is 372 g/mol. The SMILES string of the molecule is CCS(=O)(=O)CCCC1CC(c2ccccc2)CCC1Br. The van der Waals surface area contributed by atoms with Crippen LogP contribution in [0.4, 0.5) is 0 Å².